The summed E-state index contributed by atoms with van der Waals surface area (Å²) in [5.74, 6) is 1.48. The molecule has 1 aliphatic heterocycles. The number of fused-ring (bicyclic) bond motifs is 1. The number of hydrogen-bond donors (Lipinski definition) is 1. The number of rotatable bonds is 4. The zero-order valence-corrected chi connectivity index (χ0v) is 10.7. The zero-order chi connectivity index (χ0) is 13.2. The van der Waals surface area contributed by atoms with Crippen LogP contribution in [-0.2, 0) is 13.5 Å². The molecule has 3 rings (SSSR count). The van der Waals surface area contributed by atoms with Gasteiger partial charge in [0.15, 0.2) is 0 Å². The maximum absolute atomic E-state index is 9.62. The van der Waals surface area contributed by atoms with Crippen LogP contribution in [0.4, 0.5) is 0 Å². The number of nitrogens with zero attached hydrogens (tertiary/aromatic N) is 2. The molecular formula is C14H16N2O3. The summed E-state index contributed by atoms with van der Waals surface area (Å²) in [5, 5.41) is 13.7. The average Bonchev–Trinajstić information content (AvgIpc) is 2.97. The van der Waals surface area contributed by atoms with Crippen molar-refractivity contribution in [3.05, 3.63) is 41.7 Å². The van der Waals surface area contributed by atoms with Gasteiger partial charge >= 0.3 is 0 Å². The Kier molecular flexibility index (Phi) is 3.13. The van der Waals surface area contributed by atoms with Crippen molar-refractivity contribution in [1.29, 1.82) is 0 Å². The maximum Gasteiger partial charge on any atom is 0.129 e. The summed E-state index contributed by atoms with van der Waals surface area (Å²) in [6.45, 7) is 0.918. The second-order valence-corrected chi connectivity index (χ2v) is 4.65. The zero-order valence-electron chi connectivity index (χ0n) is 10.7. The van der Waals surface area contributed by atoms with E-state index in [0.29, 0.717) is 19.0 Å². The van der Waals surface area contributed by atoms with Crippen LogP contribution in [0.3, 0.4) is 0 Å². The van der Waals surface area contributed by atoms with Crippen LogP contribution >= 0.6 is 0 Å². The Morgan fingerprint density at radius 3 is 3.21 bits per heavy atom. The van der Waals surface area contributed by atoms with Crippen LogP contribution in [0.15, 0.2) is 30.6 Å². The van der Waals surface area contributed by atoms with Crippen molar-refractivity contribution >= 4 is 0 Å². The summed E-state index contributed by atoms with van der Waals surface area (Å²) in [6, 6.07) is 5.54. The SMILES string of the molecule is Cn1cc(CCOc2ccc3c(c2)OCC3O)cn1. The second kappa shape index (κ2) is 4.93. The van der Waals surface area contributed by atoms with Crippen LogP contribution in [0, 0.1) is 0 Å². The molecule has 5 heteroatoms. The normalized spacial score (nSPS) is 17.1. The highest BCUT2D eigenvalue weighted by Crippen LogP contribution is 2.34. The highest BCUT2D eigenvalue weighted by molar-refractivity contribution is 5.44. The van der Waals surface area contributed by atoms with Gasteiger partial charge in [-0.1, -0.05) is 0 Å². The number of aromatic nitrogens is 2. The van der Waals surface area contributed by atoms with Crippen molar-refractivity contribution in [2.45, 2.75) is 12.5 Å². The lowest BCUT2D eigenvalue weighted by molar-refractivity contribution is 0.140. The predicted octanol–water partition coefficient (Wildman–Crippen LogP) is 1.47. The number of hydrogen-bond acceptors (Lipinski definition) is 4. The van der Waals surface area contributed by atoms with E-state index in [2.05, 4.69) is 5.10 Å². The molecule has 100 valence electrons. The Balaban J connectivity index is 1.59. The molecule has 2 heterocycles. The first-order valence-electron chi connectivity index (χ1n) is 6.27. The molecule has 2 aromatic rings. The highest BCUT2D eigenvalue weighted by atomic mass is 16.5. The molecule has 1 unspecified atom stereocenters. The van der Waals surface area contributed by atoms with E-state index in [0.717, 1.165) is 23.3 Å². The molecule has 0 saturated carbocycles. The van der Waals surface area contributed by atoms with E-state index in [1.807, 2.05) is 37.6 Å². The standard InChI is InChI=1S/C14H16N2O3/c1-16-8-10(7-15-16)4-5-18-11-2-3-12-13(17)9-19-14(12)6-11/h2-3,6-8,13,17H,4-5,9H2,1H3. The van der Waals surface area contributed by atoms with Crippen molar-refractivity contribution < 1.29 is 14.6 Å². The molecule has 0 spiro atoms. The summed E-state index contributed by atoms with van der Waals surface area (Å²) in [5.41, 5.74) is 1.98. The molecular weight excluding hydrogens is 244 g/mol. The summed E-state index contributed by atoms with van der Waals surface area (Å²) in [7, 11) is 1.90. The molecule has 5 nitrogen and oxygen atoms in total. The van der Waals surface area contributed by atoms with Gasteiger partial charge < -0.3 is 14.6 Å². The monoisotopic (exact) mass is 260 g/mol. The van der Waals surface area contributed by atoms with E-state index in [4.69, 9.17) is 9.47 Å². The molecule has 0 radical (unpaired) electrons. The fraction of sp³-hybridized carbons (Fsp3) is 0.357. The van der Waals surface area contributed by atoms with Crippen molar-refractivity contribution in [3.63, 3.8) is 0 Å². The molecule has 1 aliphatic rings. The molecule has 1 aromatic heterocycles. The minimum Gasteiger partial charge on any atom is -0.493 e. The molecule has 0 amide bonds. The van der Waals surface area contributed by atoms with Gasteiger partial charge in [0.05, 0.1) is 12.8 Å². The number of aliphatic hydroxyl groups is 1. The average molecular weight is 260 g/mol. The number of ether oxygens (including phenoxy) is 2. The van der Waals surface area contributed by atoms with E-state index < -0.39 is 6.10 Å². The van der Waals surface area contributed by atoms with Gasteiger partial charge in [0, 0.05) is 31.3 Å². The maximum atomic E-state index is 9.62. The van der Waals surface area contributed by atoms with Gasteiger partial charge in [-0.2, -0.15) is 5.10 Å². The van der Waals surface area contributed by atoms with Crippen molar-refractivity contribution in [2.24, 2.45) is 7.05 Å². The largest absolute Gasteiger partial charge is 0.493 e. The van der Waals surface area contributed by atoms with Gasteiger partial charge in [0.2, 0.25) is 0 Å². The fourth-order valence-electron chi connectivity index (χ4n) is 2.15. The van der Waals surface area contributed by atoms with Crippen molar-refractivity contribution in [1.82, 2.24) is 9.78 Å². The summed E-state index contributed by atoms with van der Waals surface area (Å²) in [4.78, 5) is 0. The molecule has 1 atom stereocenters. The Morgan fingerprint density at radius 2 is 2.42 bits per heavy atom. The minimum absolute atomic E-state index is 0.328. The van der Waals surface area contributed by atoms with Gasteiger partial charge in [-0.05, 0) is 17.7 Å². The summed E-state index contributed by atoms with van der Waals surface area (Å²) < 4.78 is 12.8. The third-order valence-electron chi connectivity index (χ3n) is 3.16. The predicted molar refractivity (Wildman–Crippen MR) is 69.3 cm³/mol. The van der Waals surface area contributed by atoms with Crippen LogP contribution in [0.2, 0.25) is 0 Å². The molecule has 1 aromatic carbocycles. The summed E-state index contributed by atoms with van der Waals surface area (Å²) >= 11 is 0. The van der Waals surface area contributed by atoms with Crippen LogP contribution in [0.1, 0.15) is 17.2 Å². The molecule has 0 bridgehead atoms. The Hall–Kier alpha value is -2.01. The smallest absolute Gasteiger partial charge is 0.129 e. The quantitative estimate of drug-likeness (QED) is 0.904. The van der Waals surface area contributed by atoms with Crippen molar-refractivity contribution in [2.75, 3.05) is 13.2 Å². The number of aryl methyl sites for hydroxylation is 1. The van der Waals surface area contributed by atoms with Gasteiger partial charge in [-0.15, -0.1) is 0 Å². The second-order valence-electron chi connectivity index (χ2n) is 4.65. The molecule has 0 aliphatic carbocycles. The van der Waals surface area contributed by atoms with E-state index >= 15 is 0 Å². The van der Waals surface area contributed by atoms with Crippen LogP contribution in [0.5, 0.6) is 11.5 Å². The first-order chi connectivity index (χ1) is 9.22. The Morgan fingerprint density at radius 1 is 1.53 bits per heavy atom. The Labute approximate surface area is 111 Å². The van der Waals surface area contributed by atoms with Gasteiger partial charge in [0.25, 0.3) is 0 Å². The lowest BCUT2D eigenvalue weighted by Gasteiger charge is -2.07. The van der Waals surface area contributed by atoms with Gasteiger partial charge in [-0.3, -0.25) is 4.68 Å². The van der Waals surface area contributed by atoms with Crippen molar-refractivity contribution in [3.8, 4) is 11.5 Å². The van der Waals surface area contributed by atoms with E-state index in [1.54, 1.807) is 4.68 Å². The number of benzene rings is 1. The third-order valence-corrected chi connectivity index (χ3v) is 3.16. The summed E-state index contributed by atoms with van der Waals surface area (Å²) in [6.07, 6.45) is 4.12. The van der Waals surface area contributed by atoms with Crippen LogP contribution in [-0.4, -0.2) is 28.1 Å². The molecule has 19 heavy (non-hydrogen) atoms. The first kappa shape index (κ1) is 12.0. The number of aliphatic hydroxyl groups excluding tert-OH is 1. The Bertz CT molecular complexity index is 580. The van der Waals surface area contributed by atoms with E-state index in [1.165, 1.54) is 0 Å². The first-order valence-corrected chi connectivity index (χ1v) is 6.27. The van der Waals surface area contributed by atoms with Gasteiger partial charge in [0.1, 0.15) is 24.2 Å². The molecule has 0 fully saturated rings. The lowest BCUT2D eigenvalue weighted by atomic mass is 10.1. The fourth-order valence-corrected chi connectivity index (χ4v) is 2.15. The topological polar surface area (TPSA) is 56.5 Å². The van der Waals surface area contributed by atoms with Crippen LogP contribution in [0.25, 0.3) is 0 Å². The van der Waals surface area contributed by atoms with E-state index in [-0.39, 0.29) is 0 Å². The lowest BCUT2D eigenvalue weighted by Crippen LogP contribution is -2.00. The molecule has 0 saturated heterocycles. The van der Waals surface area contributed by atoms with Gasteiger partial charge in [-0.25, -0.2) is 0 Å². The van der Waals surface area contributed by atoms with E-state index in [9.17, 15) is 5.11 Å². The van der Waals surface area contributed by atoms with Crippen LogP contribution < -0.4 is 9.47 Å². The third kappa shape index (κ3) is 2.56. The highest BCUT2D eigenvalue weighted by Gasteiger charge is 2.21. The molecule has 1 N–H and O–H groups in total. The minimum atomic E-state index is -0.514.